The van der Waals surface area contributed by atoms with Gasteiger partial charge in [-0.2, -0.15) is 0 Å². The van der Waals surface area contributed by atoms with Crippen molar-refractivity contribution < 1.29 is 17.9 Å². The molecule has 4 rings (SSSR count). The first-order valence-electron chi connectivity index (χ1n) is 9.62. The van der Waals surface area contributed by atoms with Gasteiger partial charge < -0.3 is 14.0 Å². The van der Waals surface area contributed by atoms with Crippen LogP contribution in [-0.2, 0) is 22.1 Å². The first-order valence-corrected chi connectivity index (χ1v) is 12.9. The Hall–Kier alpha value is -2.62. The van der Waals surface area contributed by atoms with Gasteiger partial charge in [-0.1, -0.05) is 12.1 Å². The van der Waals surface area contributed by atoms with Crippen LogP contribution in [0.1, 0.15) is 11.1 Å². The number of benzene rings is 2. The van der Waals surface area contributed by atoms with Crippen molar-refractivity contribution in [3.05, 3.63) is 86.1 Å². The van der Waals surface area contributed by atoms with Crippen LogP contribution in [0.5, 0.6) is 11.5 Å². The summed E-state index contributed by atoms with van der Waals surface area (Å²) in [6.07, 6.45) is 1.73. The summed E-state index contributed by atoms with van der Waals surface area (Å²) < 4.78 is 38.8. The number of fused-ring (bicyclic) bond motifs is 1. The first kappa shape index (κ1) is 22.6. The molecular weight excluding hydrogens is 514 g/mol. The van der Waals surface area contributed by atoms with E-state index in [4.69, 9.17) is 9.47 Å². The summed E-state index contributed by atoms with van der Waals surface area (Å²) in [5.41, 5.74) is 1.20. The average Bonchev–Trinajstić information content (AvgIpc) is 3.23. The fourth-order valence-electron chi connectivity index (χ4n) is 3.46. The summed E-state index contributed by atoms with van der Waals surface area (Å²) in [5.74, 6) is 1.12. The van der Waals surface area contributed by atoms with Crippen molar-refractivity contribution in [2.75, 3.05) is 14.2 Å². The lowest BCUT2D eigenvalue weighted by molar-refractivity contribution is 0.390. The highest BCUT2D eigenvalue weighted by atomic mass is 79.9. The zero-order valence-corrected chi connectivity index (χ0v) is 20.6. The van der Waals surface area contributed by atoms with E-state index in [0.29, 0.717) is 33.2 Å². The van der Waals surface area contributed by atoms with Crippen molar-refractivity contribution in [3.63, 3.8) is 0 Å². The van der Waals surface area contributed by atoms with Crippen molar-refractivity contribution in [2.45, 2.75) is 16.5 Å². The van der Waals surface area contributed by atoms with Gasteiger partial charge >= 0.3 is 0 Å². The van der Waals surface area contributed by atoms with Crippen molar-refractivity contribution in [3.8, 4) is 11.5 Å². The highest BCUT2D eigenvalue weighted by Crippen LogP contribution is 2.29. The Morgan fingerprint density at radius 3 is 2.50 bits per heavy atom. The van der Waals surface area contributed by atoms with Crippen LogP contribution in [0.4, 0.5) is 0 Å². The van der Waals surface area contributed by atoms with Crippen LogP contribution in [0, 0.1) is 0 Å². The van der Waals surface area contributed by atoms with E-state index in [-0.39, 0.29) is 11.3 Å². The Kier molecular flexibility index (Phi) is 6.41. The summed E-state index contributed by atoms with van der Waals surface area (Å²) in [6.45, 7) is 0.313. The van der Waals surface area contributed by atoms with Gasteiger partial charge in [0.2, 0.25) is 0 Å². The van der Waals surface area contributed by atoms with E-state index in [1.807, 2.05) is 18.2 Å². The third-order valence-corrected chi connectivity index (χ3v) is 8.98. The van der Waals surface area contributed by atoms with E-state index in [1.165, 1.54) is 11.3 Å². The van der Waals surface area contributed by atoms with Crippen LogP contribution < -0.4 is 15.0 Å². The van der Waals surface area contributed by atoms with E-state index < -0.39 is 9.84 Å². The number of pyridine rings is 1. The van der Waals surface area contributed by atoms with Gasteiger partial charge in [0.1, 0.15) is 15.7 Å². The molecule has 0 amide bonds. The highest BCUT2D eigenvalue weighted by Gasteiger charge is 2.18. The van der Waals surface area contributed by atoms with Gasteiger partial charge in [0, 0.05) is 23.2 Å². The van der Waals surface area contributed by atoms with Crippen LogP contribution in [0.3, 0.4) is 0 Å². The van der Waals surface area contributed by atoms with Gasteiger partial charge in [0.25, 0.3) is 5.56 Å². The summed E-state index contributed by atoms with van der Waals surface area (Å²) >= 11 is 4.47. The molecule has 166 valence electrons. The van der Waals surface area contributed by atoms with Crippen LogP contribution >= 0.6 is 27.3 Å². The second-order valence-corrected chi connectivity index (χ2v) is 11.8. The predicted octanol–water partition coefficient (Wildman–Crippen LogP) is 4.86. The molecule has 0 aliphatic heterocycles. The molecular formula is C23H20BrNO5S2. The Labute approximate surface area is 198 Å². The Morgan fingerprint density at radius 2 is 1.81 bits per heavy atom. The number of aromatic nitrogens is 1. The topological polar surface area (TPSA) is 74.6 Å². The Morgan fingerprint density at radius 1 is 1.00 bits per heavy atom. The number of thiophene rings is 1. The van der Waals surface area contributed by atoms with Crippen LogP contribution in [0.15, 0.2) is 73.6 Å². The van der Waals surface area contributed by atoms with Gasteiger partial charge in [0.15, 0.2) is 9.84 Å². The monoisotopic (exact) mass is 533 g/mol. The minimum atomic E-state index is -3.50. The Bertz CT molecular complexity index is 1460. The van der Waals surface area contributed by atoms with E-state index in [2.05, 4.69) is 15.9 Å². The van der Waals surface area contributed by atoms with Crippen molar-refractivity contribution in [2.24, 2.45) is 0 Å². The van der Waals surface area contributed by atoms with Gasteiger partial charge in [-0.15, -0.1) is 11.3 Å². The first-order chi connectivity index (χ1) is 15.3. The zero-order valence-electron chi connectivity index (χ0n) is 17.4. The second kappa shape index (κ2) is 9.09. The fraction of sp³-hybridized carbons (Fsp3) is 0.174. The van der Waals surface area contributed by atoms with Gasteiger partial charge in [0.05, 0.1) is 30.3 Å². The lowest BCUT2D eigenvalue weighted by Crippen LogP contribution is -2.20. The summed E-state index contributed by atoms with van der Waals surface area (Å²) in [6, 6.07) is 15.8. The molecule has 0 bridgehead atoms. The maximum absolute atomic E-state index is 13.2. The SMILES string of the molecule is COc1ccc(Cn2ccc3ccc(CS(=O)(=O)c4ccc(Br)s4)cc3c2=O)c(OC)c1. The fourth-order valence-corrected chi connectivity index (χ4v) is 6.89. The molecule has 2 heterocycles. The lowest BCUT2D eigenvalue weighted by Gasteiger charge is -2.13. The summed E-state index contributed by atoms with van der Waals surface area (Å²) in [7, 11) is -0.347. The average molecular weight is 534 g/mol. The number of methoxy groups -OCH3 is 2. The third kappa shape index (κ3) is 4.60. The molecule has 0 spiro atoms. The zero-order chi connectivity index (χ0) is 22.9. The lowest BCUT2D eigenvalue weighted by atomic mass is 10.1. The number of sulfone groups is 1. The normalized spacial score (nSPS) is 11.6. The maximum Gasteiger partial charge on any atom is 0.258 e. The number of halogens is 1. The molecule has 2 aromatic carbocycles. The molecule has 2 aromatic heterocycles. The van der Waals surface area contributed by atoms with E-state index in [9.17, 15) is 13.2 Å². The van der Waals surface area contributed by atoms with Crippen LogP contribution in [-0.4, -0.2) is 27.2 Å². The molecule has 6 nitrogen and oxygen atoms in total. The number of rotatable bonds is 7. The van der Waals surface area contributed by atoms with E-state index in [0.717, 1.165) is 14.7 Å². The van der Waals surface area contributed by atoms with E-state index >= 15 is 0 Å². The Balaban J connectivity index is 1.69. The molecule has 4 aromatic rings. The largest absolute Gasteiger partial charge is 0.497 e. The van der Waals surface area contributed by atoms with Crippen LogP contribution in [0.2, 0.25) is 0 Å². The third-order valence-electron chi connectivity index (χ3n) is 5.09. The van der Waals surface area contributed by atoms with Crippen molar-refractivity contribution in [1.29, 1.82) is 0 Å². The molecule has 0 atom stereocenters. The highest BCUT2D eigenvalue weighted by molar-refractivity contribution is 9.11. The molecule has 0 unspecified atom stereocenters. The summed E-state index contributed by atoms with van der Waals surface area (Å²) in [5, 5.41) is 1.23. The molecule has 32 heavy (non-hydrogen) atoms. The molecule has 0 radical (unpaired) electrons. The number of hydrogen-bond donors (Lipinski definition) is 0. The predicted molar refractivity (Wildman–Crippen MR) is 130 cm³/mol. The molecule has 9 heteroatoms. The second-order valence-electron chi connectivity index (χ2n) is 7.17. The van der Waals surface area contributed by atoms with E-state index in [1.54, 1.807) is 61.4 Å². The van der Waals surface area contributed by atoms with Crippen molar-refractivity contribution >= 4 is 47.9 Å². The van der Waals surface area contributed by atoms with Gasteiger partial charge in [-0.3, -0.25) is 4.79 Å². The number of nitrogens with zero attached hydrogens (tertiary/aromatic N) is 1. The molecule has 0 fully saturated rings. The maximum atomic E-state index is 13.2. The summed E-state index contributed by atoms with van der Waals surface area (Å²) in [4.78, 5) is 13.2. The molecule has 0 saturated heterocycles. The quantitative estimate of drug-likeness (QED) is 0.339. The van der Waals surface area contributed by atoms with Gasteiger partial charge in [-0.05, 0) is 63.3 Å². The molecule has 0 aliphatic carbocycles. The molecule has 0 aliphatic rings. The molecule has 0 saturated carbocycles. The minimum Gasteiger partial charge on any atom is -0.497 e. The standard InChI is InChI=1S/C23H20BrNO5S2/c1-29-18-6-5-17(20(12-18)30-2)13-25-10-9-16-4-3-15(11-19(16)23(25)26)14-32(27,28)22-8-7-21(24)31-22/h3-12H,13-14H2,1-2H3. The molecule has 0 N–H and O–H groups in total. The minimum absolute atomic E-state index is 0.170. The number of ether oxygens (including phenoxy) is 2. The van der Waals surface area contributed by atoms with Crippen molar-refractivity contribution in [1.82, 2.24) is 4.57 Å². The smallest absolute Gasteiger partial charge is 0.258 e. The van der Waals surface area contributed by atoms with Gasteiger partial charge in [-0.25, -0.2) is 8.42 Å². The number of hydrogen-bond acceptors (Lipinski definition) is 6. The van der Waals surface area contributed by atoms with Crippen LogP contribution in [0.25, 0.3) is 10.8 Å².